The van der Waals surface area contributed by atoms with Crippen LogP contribution in [0.25, 0.3) is 33.2 Å². The van der Waals surface area contributed by atoms with Crippen molar-refractivity contribution in [2.24, 2.45) is 0 Å². The van der Waals surface area contributed by atoms with Crippen molar-refractivity contribution in [3.63, 3.8) is 0 Å². The Morgan fingerprint density at radius 1 is 0.857 bits per heavy atom. The minimum atomic E-state index is 0. The smallest absolute Gasteiger partial charge is 0.494 e. The molecule has 0 fully saturated rings. The third-order valence-corrected chi connectivity index (χ3v) is 7.53. The molecule has 1 aliphatic rings. The number of furan rings is 1. The largest absolute Gasteiger partial charge is 0.509 e. The number of fused-ring (bicyclic) bond motifs is 4. The van der Waals surface area contributed by atoms with Crippen LogP contribution in [0.3, 0.4) is 0 Å². The van der Waals surface area contributed by atoms with Gasteiger partial charge in [-0.25, -0.2) is 0 Å². The Hall–Kier alpha value is -4.14. The van der Waals surface area contributed by atoms with Crippen LogP contribution in [-0.2, 0) is 20.1 Å². The van der Waals surface area contributed by atoms with Crippen LogP contribution in [0.1, 0.15) is 36.5 Å². The quantitative estimate of drug-likeness (QED) is 0.131. The summed E-state index contributed by atoms with van der Waals surface area (Å²) in [7, 11) is 0. The molecule has 4 nitrogen and oxygen atoms in total. The molecule has 6 aromatic rings. The van der Waals surface area contributed by atoms with Gasteiger partial charge in [-0.3, -0.25) is 0 Å². The van der Waals surface area contributed by atoms with Crippen LogP contribution in [0.4, 0.5) is 17.1 Å². The zero-order chi connectivity index (χ0) is 28.3. The molecule has 0 saturated carbocycles. The molecule has 1 aliphatic heterocycles. The van der Waals surface area contributed by atoms with E-state index in [1.807, 2.05) is 36.5 Å². The molecule has 0 amide bonds. The molecular formula is C37H33IrN3O. The number of aromatic nitrogens is 1. The van der Waals surface area contributed by atoms with E-state index < -0.39 is 0 Å². The molecule has 42 heavy (non-hydrogen) atoms. The maximum absolute atomic E-state index is 6.20. The number of nitrogens with zero attached hydrogens (tertiary/aromatic N) is 3. The molecule has 0 atom stereocenters. The second kappa shape index (κ2) is 12.8. The molecule has 0 N–H and O–H groups in total. The van der Waals surface area contributed by atoms with Crippen molar-refractivity contribution in [1.29, 1.82) is 0 Å². The van der Waals surface area contributed by atoms with E-state index in [0.717, 1.165) is 64.0 Å². The van der Waals surface area contributed by atoms with E-state index in [1.165, 1.54) is 22.4 Å². The van der Waals surface area contributed by atoms with Gasteiger partial charge in [0.25, 0.3) is 11.4 Å². The zero-order valence-corrected chi connectivity index (χ0v) is 26.8. The summed E-state index contributed by atoms with van der Waals surface area (Å²) in [6.07, 6.45) is 4.21. The number of hydrogen-bond acceptors (Lipinski definition) is 2. The average molecular weight is 728 g/mol. The summed E-state index contributed by atoms with van der Waals surface area (Å²) >= 11 is 0. The summed E-state index contributed by atoms with van der Waals surface area (Å²) < 4.78 is 10.5. The monoisotopic (exact) mass is 728 g/mol. The predicted octanol–water partition coefficient (Wildman–Crippen LogP) is 9.32. The van der Waals surface area contributed by atoms with Gasteiger partial charge in [0.2, 0.25) is 0 Å². The van der Waals surface area contributed by atoms with Crippen LogP contribution in [0, 0.1) is 32.9 Å². The van der Waals surface area contributed by atoms with Crippen molar-refractivity contribution in [3.8, 4) is 11.3 Å². The molecular weight excluding hydrogens is 695 g/mol. The molecule has 0 unspecified atom stereocenters. The number of unbranched alkanes of at least 4 members (excludes halogenated alkanes) is 1. The van der Waals surface area contributed by atoms with Gasteiger partial charge in [-0.05, 0) is 31.2 Å². The molecule has 0 spiro atoms. The first-order chi connectivity index (χ1) is 20.0. The van der Waals surface area contributed by atoms with Gasteiger partial charge >= 0.3 is 6.01 Å². The third kappa shape index (κ3) is 5.78. The Labute approximate surface area is 261 Å². The van der Waals surface area contributed by atoms with Crippen molar-refractivity contribution in [3.05, 3.63) is 120 Å². The Bertz CT molecular complexity index is 1950. The number of rotatable bonds is 5. The first kappa shape index (κ1) is 29.4. The van der Waals surface area contributed by atoms with E-state index in [2.05, 4.69) is 115 Å². The van der Waals surface area contributed by atoms with E-state index in [4.69, 9.17) is 4.42 Å². The van der Waals surface area contributed by atoms with E-state index >= 15 is 0 Å². The number of para-hydroxylation sites is 3. The van der Waals surface area contributed by atoms with Crippen molar-refractivity contribution in [2.45, 2.75) is 40.5 Å². The van der Waals surface area contributed by atoms with Gasteiger partial charge in [-0.15, -0.1) is 41.5 Å². The van der Waals surface area contributed by atoms with Gasteiger partial charge in [0.15, 0.2) is 12.2 Å². The zero-order valence-electron chi connectivity index (χ0n) is 24.4. The van der Waals surface area contributed by atoms with E-state index in [1.54, 1.807) is 0 Å². The van der Waals surface area contributed by atoms with Crippen LogP contribution in [0.2, 0.25) is 0 Å². The fourth-order valence-corrected chi connectivity index (χ4v) is 5.04. The minimum absolute atomic E-state index is 0. The molecule has 3 heterocycles. The van der Waals surface area contributed by atoms with Crippen LogP contribution in [0.5, 0.6) is 0 Å². The van der Waals surface area contributed by atoms with Crippen LogP contribution in [-0.4, -0.2) is 22.1 Å². The van der Waals surface area contributed by atoms with Crippen molar-refractivity contribution in [1.82, 2.24) is 9.56 Å². The van der Waals surface area contributed by atoms with Gasteiger partial charge in [0.05, 0.1) is 5.58 Å². The summed E-state index contributed by atoms with van der Waals surface area (Å²) in [6, 6.07) is 39.0. The van der Waals surface area contributed by atoms with Crippen LogP contribution < -0.4 is 4.58 Å². The molecule has 2 aromatic heterocycles. The van der Waals surface area contributed by atoms with Gasteiger partial charge in [-0.2, -0.15) is 12.1 Å². The average Bonchev–Trinajstić information content (AvgIpc) is 3.57. The standard InChI is InChI=1S/C23H19N2O.C14H14N.Ir/c1-2-3-15-24-16-25(20-12-6-5-11-19(20)24)21-13-8-10-18-17-9-4-7-14-22(17)26-23(18)21;1-10-4-6-13(7-5-10)14-8-11(2)12(3)9-15-14;/h4-12,14H,2-3,15H2,1H3;4-6,8-9H,1-3H3;/q+1;-1;. The number of benzene rings is 4. The normalized spacial score (nSPS) is 11.8. The van der Waals surface area contributed by atoms with Crippen molar-refractivity contribution >= 4 is 45.0 Å². The van der Waals surface area contributed by atoms with E-state index in [9.17, 15) is 0 Å². The summed E-state index contributed by atoms with van der Waals surface area (Å²) in [6.45, 7) is 9.41. The second-order valence-corrected chi connectivity index (χ2v) is 10.5. The van der Waals surface area contributed by atoms with Crippen molar-refractivity contribution < 1.29 is 29.1 Å². The van der Waals surface area contributed by atoms with Crippen molar-refractivity contribution in [2.75, 3.05) is 6.54 Å². The summed E-state index contributed by atoms with van der Waals surface area (Å²) in [4.78, 5) is 4.41. The molecule has 4 aromatic carbocycles. The molecule has 5 heteroatoms. The molecule has 0 aliphatic carbocycles. The SMILES string of the molecule is CCCC[N+]1=C=[N+](c2[c-]ccc3c2oc2ccccc23)c2ccccc21.Cc1c[c-]c(-c2cc(C)c(C)cn2)cc1.[Ir]. The number of aryl methyl sites for hydroxylation is 3. The third-order valence-electron chi connectivity index (χ3n) is 7.53. The summed E-state index contributed by atoms with van der Waals surface area (Å²) in [5, 5.41) is 2.24. The summed E-state index contributed by atoms with van der Waals surface area (Å²) in [5.74, 6) is 0. The van der Waals surface area contributed by atoms with Crippen LogP contribution in [0.15, 0.2) is 95.5 Å². The predicted molar refractivity (Wildman–Crippen MR) is 168 cm³/mol. The fraction of sp³-hybridized carbons (Fsp3) is 0.189. The maximum atomic E-state index is 6.20. The Balaban J connectivity index is 0.000000189. The first-order valence-electron chi connectivity index (χ1n) is 14.2. The number of hydrogen-bond donors (Lipinski definition) is 0. The van der Waals surface area contributed by atoms with Crippen LogP contribution >= 0.6 is 0 Å². The summed E-state index contributed by atoms with van der Waals surface area (Å²) in [5.41, 5.74) is 10.7. The Kier molecular flexibility index (Phi) is 8.94. The Morgan fingerprint density at radius 3 is 2.40 bits per heavy atom. The van der Waals surface area contributed by atoms with Gasteiger partial charge in [0, 0.05) is 50.2 Å². The van der Waals surface area contributed by atoms with Gasteiger partial charge < -0.3 is 9.40 Å². The molecule has 211 valence electrons. The molecule has 7 rings (SSSR count). The molecule has 0 bridgehead atoms. The maximum Gasteiger partial charge on any atom is 0.494 e. The number of pyridine rings is 1. The Morgan fingerprint density at radius 2 is 1.64 bits per heavy atom. The topological polar surface area (TPSA) is 32.0 Å². The van der Waals surface area contributed by atoms with E-state index in [-0.39, 0.29) is 20.1 Å². The van der Waals surface area contributed by atoms with Gasteiger partial charge in [0.1, 0.15) is 5.58 Å². The van der Waals surface area contributed by atoms with Gasteiger partial charge in [-0.1, -0.05) is 76.8 Å². The first-order valence-corrected chi connectivity index (χ1v) is 14.2. The molecule has 0 saturated heterocycles. The van der Waals surface area contributed by atoms with E-state index in [0.29, 0.717) is 0 Å². The second-order valence-electron chi connectivity index (χ2n) is 10.5. The molecule has 1 radical (unpaired) electrons. The minimum Gasteiger partial charge on any atom is -0.509 e. The fourth-order valence-electron chi connectivity index (χ4n) is 5.04.